The highest BCUT2D eigenvalue weighted by molar-refractivity contribution is 7.07. The molecule has 0 radical (unpaired) electrons. The Labute approximate surface area is 140 Å². The fourth-order valence-corrected chi connectivity index (χ4v) is 4.02. The maximum absolute atomic E-state index is 12.4. The van der Waals surface area contributed by atoms with Crippen molar-refractivity contribution < 1.29 is 14.7 Å². The average molecular weight is 337 g/mol. The molecule has 1 N–H and O–H groups in total. The standard InChI is InChI=1S/C16H23N3O3S/c20-15(11-19-4-1-2-14(19)16(21)22)18-7-5-17(6-8-18)10-13-3-9-23-12-13/h3,9,12,14H,1-2,4-8,10-11H2,(H,21,22). The highest BCUT2D eigenvalue weighted by Gasteiger charge is 2.33. The largest absolute Gasteiger partial charge is 0.480 e. The fourth-order valence-electron chi connectivity index (χ4n) is 3.36. The van der Waals surface area contributed by atoms with Crippen LogP contribution in [0.3, 0.4) is 0 Å². The Morgan fingerprint density at radius 1 is 1.22 bits per heavy atom. The quantitative estimate of drug-likeness (QED) is 0.866. The summed E-state index contributed by atoms with van der Waals surface area (Å²) in [4.78, 5) is 29.7. The van der Waals surface area contributed by atoms with Crippen molar-refractivity contribution in [3.8, 4) is 0 Å². The molecule has 2 aliphatic heterocycles. The molecular weight excluding hydrogens is 314 g/mol. The Hall–Kier alpha value is -1.44. The molecule has 1 amide bonds. The number of thiophene rings is 1. The highest BCUT2D eigenvalue weighted by atomic mass is 32.1. The van der Waals surface area contributed by atoms with Crippen molar-refractivity contribution in [2.75, 3.05) is 39.3 Å². The summed E-state index contributed by atoms with van der Waals surface area (Å²) in [5, 5.41) is 13.4. The van der Waals surface area contributed by atoms with Crippen LogP contribution in [0.2, 0.25) is 0 Å². The summed E-state index contributed by atoms with van der Waals surface area (Å²) in [5.41, 5.74) is 1.33. The summed E-state index contributed by atoms with van der Waals surface area (Å²) < 4.78 is 0. The number of carbonyl (C=O) groups is 2. The smallest absolute Gasteiger partial charge is 0.320 e. The number of rotatable bonds is 5. The number of amides is 1. The van der Waals surface area contributed by atoms with Gasteiger partial charge < -0.3 is 10.0 Å². The van der Waals surface area contributed by atoms with E-state index in [0.29, 0.717) is 13.0 Å². The van der Waals surface area contributed by atoms with E-state index in [1.165, 1.54) is 5.56 Å². The molecule has 2 aliphatic rings. The van der Waals surface area contributed by atoms with Crippen LogP contribution >= 0.6 is 11.3 Å². The highest BCUT2D eigenvalue weighted by Crippen LogP contribution is 2.18. The van der Waals surface area contributed by atoms with Crippen molar-refractivity contribution in [1.82, 2.24) is 14.7 Å². The summed E-state index contributed by atoms with van der Waals surface area (Å²) in [6, 6.07) is 1.65. The van der Waals surface area contributed by atoms with E-state index in [9.17, 15) is 14.7 Å². The van der Waals surface area contributed by atoms with Crippen LogP contribution in [0, 0.1) is 0 Å². The molecule has 0 spiro atoms. The number of nitrogens with zero attached hydrogens (tertiary/aromatic N) is 3. The molecule has 3 rings (SSSR count). The zero-order valence-corrected chi connectivity index (χ0v) is 14.0. The molecule has 126 valence electrons. The van der Waals surface area contributed by atoms with E-state index in [-0.39, 0.29) is 12.5 Å². The predicted octanol–water partition coefficient (Wildman–Crippen LogP) is 0.941. The summed E-state index contributed by atoms with van der Waals surface area (Å²) in [6.45, 7) is 5.11. The van der Waals surface area contributed by atoms with Crippen molar-refractivity contribution in [1.29, 1.82) is 0 Å². The van der Waals surface area contributed by atoms with Crippen LogP contribution in [-0.2, 0) is 16.1 Å². The van der Waals surface area contributed by atoms with Crippen molar-refractivity contribution in [2.45, 2.75) is 25.4 Å². The van der Waals surface area contributed by atoms with Gasteiger partial charge in [-0.25, -0.2) is 0 Å². The second kappa shape index (κ2) is 7.42. The first kappa shape index (κ1) is 16.4. The van der Waals surface area contributed by atoms with Gasteiger partial charge in [0, 0.05) is 32.7 Å². The third-order valence-electron chi connectivity index (χ3n) is 4.70. The van der Waals surface area contributed by atoms with Crippen molar-refractivity contribution in [3.63, 3.8) is 0 Å². The minimum Gasteiger partial charge on any atom is -0.480 e. The lowest BCUT2D eigenvalue weighted by molar-refractivity contribution is -0.143. The molecule has 2 fully saturated rings. The normalized spacial score (nSPS) is 23.3. The van der Waals surface area contributed by atoms with Gasteiger partial charge in [0.25, 0.3) is 0 Å². The first-order valence-electron chi connectivity index (χ1n) is 8.11. The van der Waals surface area contributed by atoms with Crippen LogP contribution in [0.4, 0.5) is 0 Å². The van der Waals surface area contributed by atoms with E-state index in [1.807, 2.05) is 9.80 Å². The molecule has 0 aromatic carbocycles. The second-order valence-corrected chi connectivity index (χ2v) is 7.04. The number of carboxylic acid groups (broad SMARTS) is 1. The predicted molar refractivity (Wildman–Crippen MR) is 88.4 cm³/mol. The molecule has 2 saturated heterocycles. The van der Waals surface area contributed by atoms with E-state index < -0.39 is 12.0 Å². The molecule has 1 aromatic heterocycles. The third kappa shape index (κ3) is 4.10. The van der Waals surface area contributed by atoms with E-state index in [4.69, 9.17) is 0 Å². The lowest BCUT2D eigenvalue weighted by atomic mass is 10.2. The molecule has 1 atom stereocenters. The van der Waals surface area contributed by atoms with Gasteiger partial charge in [-0.15, -0.1) is 0 Å². The van der Waals surface area contributed by atoms with E-state index >= 15 is 0 Å². The Bertz CT molecular complexity index is 541. The number of piperazine rings is 1. The lowest BCUT2D eigenvalue weighted by Crippen LogP contribution is -2.51. The van der Waals surface area contributed by atoms with Gasteiger partial charge in [0.2, 0.25) is 5.91 Å². The minimum absolute atomic E-state index is 0.0633. The van der Waals surface area contributed by atoms with E-state index in [1.54, 1.807) is 11.3 Å². The SMILES string of the molecule is O=C(O)C1CCCN1CC(=O)N1CCN(Cc2ccsc2)CC1. The molecule has 23 heavy (non-hydrogen) atoms. The van der Waals surface area contributed by atoms with Gasteiger partial charge in [-0.2, -0.15) is 11.3 Å². The first-order chi connectivity index (χ1) is 11.1. The molecule has 1 unspecified atom stereocenters. The summed E-state index contributed by atoms with van der Waals surface area (Å²) in [6.07, 6.45) is 1.51. The van der Waals surface area contributed by atoms with Crippen LogP contribution in [0.1, 0.15) is 18.4 Å². The topological polar surface area (TPSA) is 64.1 Å². The van der Waals surface area contributed by atoms with Gasteiger partial charge in [-0.3, -0.25) is 19.4 Å². The number of carboxylic acids is 1. The zero-order chi connectivity index (χ0) is 16.2. The Balaban J connectivity index is 1.45. The molecular formula is C16H23N3O3S. The zero-order valence-electron chi connectivity index (χ0n) is 13.2. The molecule has 0 aliphatic carbocycles. The fraction of sp³-hybridized carbons (Fsp3) is 0.625. The summed E-state index contributed by atoms with van der Waals surface area (Å²) in [5.74, 6) is -0.746. The minimum atomic E-state index is -0.809. The average Bonchev–Trinajstić information content (AvgIpc) is 3.19. The molecule has 7 heteroatoms. The van der Waals surface area contributed by atoms with Crippen LogP contribution < -0.4 is 0 Å². The Morgan fingerprint density at radius 3 is 2.65 bits per heavy atom. The number of likely N-dealkylation sites (tertiary alicyclic amines) is 1. The Morgan fingerprint density at radius 2 is 2.00 bits per heavy atom. The summed E-state index contributed by atoms with van der Waals surface area (Å²) >= 11 is 1.71. The van der Waals surface area contributed by atoms with Gasteiger partial charge in [-0.1, -0.05) is 0 Å². The molecule has 0 bridgehead atoms. The van der Waals surface area contributed by atoms with Crippen molar-refractivity contribution in [3.05, 3.63) is 22.4 Å². The van der Waals surface area contributed by atoms with Gasteiger partial charge in [0.05, 0.1) is 6.54 Å². The van der Waals surface area contributed by atoms with Gasteiger partial charge >= 0.3 is 5.97 Å². The van der Waals surface area contributed by atoms with Crippen LogP contribution in [0.15, 0.2) is 16.8 Å². The third-order valence-corrected chi connectivity index (χ3v) is 5.43. The molecule has 0 saturated carbocycles. The monoisotopic (exact) mass is 337 g/mol. The number of hydrogen-bond donors (Lipinski definition) is 1. The van der Waals surface area contributed by atoms with E-state index in [0.717, 1.165) is 39.1 Å². The van der Waals surface area contributed by atoms with Gasteiger partial charge in [0.1, 0.15) is 6.04 Å². The number of aliphatic carboxylic acids is 1. The molecule has 6 nitrogen and oxygen atoms in total. The van der Waals surface area contributed by atoms with Crippen LogP contribution in [0.25, 0.3) is 0 Å². The maximum Gasteiger partial charge on any atom is 0.320 e. The van der Waals surface area contributed by atoms with Gasteiger partial charge in [-0.05, 0) is 41.8 Å². The Kier molecular flexibility index (Phi) is 5.30. The molecule has 3 heterocycles. The number of carbonyl (C=O) groups excluding carboxylic acids is 1. The van der Waals surface area contributed by atoms with Crippen LogP contribution in [0.5, 0.6) is 0 Å². The molecule has 1 aromatic rings. The first-order valence-corrected chi connectivity index (χ1v) is 9.06. The summed E-state index contributed by atoms with van der Waals surface area (Å²) in [7, 11) is 0. The maximum atomic E-state index is 12.4. The van der Waals surface area contributed by atoms with Crippen molar-refractivity contribution >= 4 is 23.2 Å². The lowest BCUT2D eigenvalue weighted by Gasteiger charge is -2.35. The van der Waals surface area contributed by atoms with E-state index in [2.05, 4.69) is 21.7 Å². The second-order valence-electron chi connectivity index (χ2n) is 6.26. The van der Waals surface area contributed by atoms with Crippen LogP contribution in [-0.4, -0.2) is 77.0 Å². The van der Waals surface area contributed by atoms with Gasteiger partial charge in [0.15, 0.2) is 0 Å². The van der Waals surface area contributed by atoms with Crippen molar-refractivity contribution in [2.24, 2.45) is 0 Å². The number of hydrogen-bond acceptors (Lipinski definition) is 5.